The molecule has 0 saturated carbocycles. The Bertz CT molecular complexity index is 426. The molecule has 0 radical (unpaired) electrons. The topological polar surface area (TPSA) is 52.9 Å². The minimum atomic E-state index is -0.127. The zero-order chi connectivity index (χ0) is 12.7. The largest absolute Gasteiger partial charge is 0.352 e. The van der Waals surface area contributed by atoms with Gasteiger partial charge in [-0.3, -0.25) is 4.79 Å². The lowest BCUT2D eigenvalue weighted by molar-refractivity contribution is 0.0953. The first kappa shape index (κ1) is 13.7. The lowest BCUT2D eigenvalue weighted by Crippen LogP contribution is -2.26. The predicted octanol–water partition coefficient (Wildman–Crippen LogP) is 2.85. The highest BCUT2D eigenvalue weighted by Crippen LogP contribution is 2.08. The van der Waals surface area contributed by atoms with Crippen molar-refractivity contribution in [3.05, 3.63) is 35.4 Å². The second kappa shape index (κ2) is 7.08. The van der Waals surface area contributed by atoms with Gasteiger partial charge in [-0.05, 0) is 31.0 Å². The normalized spacial score (nSPS) is 11.6. The van der Waals surface area contributed by atoms with Crippen LogP contribution in [0.1, 0.15) is 35.7 Å². The summed E-state index contributed by atoms with van der Waals surface area (Å²) in [4.78, 5) is 12.2. The quantitative estimate of drug-likeness (QED) is 0.849. The molecule has 1 rings (SSSR count). The van der Waals surface area contributed by atoms with Crippen LogP contribution in [0.3, 0.4) is 0 Å². The van der Waals surface area contributed by atoms with Crippen molar-refractivity contribution in [2.45, 2.75) is 24.6 Å². The van der Waals surface area contributed by atoms with Crippen LogP contribution in [0.25, 0.3) is 0 Å². The molecule has 0 saturated heterocycles. The van der Waals surface area contributed by atoms with Crippen molar-refractivity contribution in [3.63, 3.8) is 0 Å². The minimum Gasteiger partial charge on any atom is -0.352 e. The number of benzene rings is 1. The Kier molecular flexibility index (Phi) is 5.71. The number of halogens is 1. The summed E-state index contributed by atoms with van der Waals surface area (Å²) >= 11 is 3.51. The molecule has 0 heterocycles. The van der Waals surface area contributed by atoms with E-state index < -0.39 is 0 Å². The molecule has 0 aliphatic carbocycles. The number of alkyl halides is 1. The first-order valence-electron chi connectivity index (χ1n) is 5.59. The summed E-state index contributed by atoms with van der Waals surface area (Å²) in [6, 6.07) is 8.72. The molecule has 1 amide bonds. The Morgan fingerprint density at radius 1 is 1.59 bits per heavy atom. The third-order valence-corrected chi connectivity index (χ3v) is 3.55. The van der Waals surface area contributed by atoms with Crippen LogP contribution in [0.4, 0.5) is 0 Å². The van der Waals surface area contributed by atoms with Crippen LogP contribution in [-0.4, -0.2) is 17.3 Å². The zero-order valence-corrected chi connectivity index (χ0v) is 11.3. The average Bonchev–Trinajstić information content (AvgIpc) is 2.38. The molecule has 0 aromatic heterocycles. The van der Waals surface area contributed by atoms with Crippen LogP contribution in [0.5, 0.6) is 0 Å². The van der Waals surface area contributed by atoms with E-state index in [1.165, 1.54) is 0 Å². The summed E-state index contributed by atoms with van der Waals surface area (Å²) in [5.74, 6) is -0.127. The summed E-state index contributed by atoms with van der Waals surface area (Å²) < 4.78 is 0. The highest BCUT2D eigenvalue weighted by Gasteiger charge is 2.06. The average molecular weight is 295 g/mol. The predicted molar refractivity (Wildman–Crippen MR) is 71.1 cm³/mol. The number of hydrogen-bond donors (Lipinski definition) is 1. The summed E-state index contributed by atoms with van der Waals surface area (Å²) in [7, 11) is 0. The number of hydrogen-bond acceptors (Lipinski definition) is 2. The van der Waals surface area contributed by atoms with Crippen LogP contribution in [0.2, 0.25) is 0 Å². The Labute approximate surface area is 110 Å². The maximum atomic E-state index is 11.7. The molecule has 4 heteroatoms. The summed E-state index contributed by atoms with van der Waals surface area (Å²) in [5.41, 5.74) is 1.04. The van der Waals surface area contributed by atoms with Gasteiger partial charge >= 0.3 is 0 Å². The molecule has 90 valence electrons. The lowest BCUT2D eigenvalue weighted by Gasteiger charge is -2.08. The van der Waals surface area contributed by atoms with Crippen LogP contribution < -0.4 is 5.32 Å². The smallest absolute Gasteiger partial charge is 0.251 e. The van der Waals surface area contributed by atoms with Crippen molar-refractivity contribution in [2.75, 3.05) is 6.54 Å². The summed E-state index contributed by atoms with van der Waals surface area (Å²) in [6.45, 7) is 2.73. The van der Waals surface area contributed by atoms with E-state index in [9.17, 15) is 4.79 Å². The van der Waals surface area contributed by atoms with E-state index >= 15 is 0 Å². The molecule has 1 aromatic rings. The maximum Gasteiger partial charge on any atom is 0.251 e. The SMILES string of the molecule is CCC(Br)CCNC(=O)c1cccc(C#N)c1. The van der Waals surface area contributed by atoms with E-state index in [-0.39, 0.29) is 5.91 Å². The fourth-order valence-corrected chi connectivity index (χ4v) is 1.61. The fourth-order valence-electron chi connectivity index (χ4n) is 1.38. The van der Waals surface area contributed by atoms with E-state index in [1.807, 2.05) is 6.07 Å². The van der Waals surface area contributed by atoms with Gasteiger partial charge in [0.2, 0.25) is 0 Å². The molecule has 1 unspecified atom stereocenters. The molecule has 0 bridgehead atoms. The van der Waals surface area contributed by atoms with E-state index in [0.29, 0.717) is 22.5 Å². The van der Waals surface area contributed by atoms with Gasteiger partial charge in [-0.25, -0.2) is 0 Å². The minimum absolute atomic E-state index is 0.127. The van der Waals surface area contributed by atoms with Gasteiger partial charge < -0.3 is 5.32 Å². The van der Waals surface area contributed by atoms with Gasteiger partial charge in [0.25, 0.3) is 5.91 Å². The van der Waals surface area contributed by atoms with Crippen molar-refractivity contribution < 1.29 is 4.79 Å². The van der Waals surface area contributed by atoms with Crippen molar-refractivity contribution in [1.82, 2.24) is 5.32 Å². The molecule has 1 N–H and O–H groups in total. The third kappa shape index (κ3) is 4.58. The number of nitriles is 1. The van der Waals surface area contributed by atoms with Crippen LogP contribution in [0, 0.1) is 11.3 Å². The number of nitrogens with one attached hydrogen (secondary N) is 1. The molecule has 3 nitrogen and oxygen atoms in total. The van der Waals surface area contributed by atoms with Crippen LogP contribution in [-0.2, 0) is 0 Å². The summed E-state index contributed by atoms with van der Waals surface area (Å²) in [5, 5.41) is 11.6. The highest BCUT2D eigenvalue weighted by atomic mass is 79.9. The number of amides is 1. The van der Waals surface area contributed by atoms with Gasteiger partial charge in [-0.15, -0.1) is 0 Å². The highest BCUT2D eigenvalue weighted by molar-refractivity contribution is 9.09. The zero-order valence-electron chi connectivity index (χ0n) is 9.74. The molecule has 0 aliphatic rings. The lowest BCUT2D eigenvalue weighted by atomic mass is 10.1. The molecular formula is C13H15BrN2O. The Hall–Kier alpha value is -1.34. The van der Waals surface area contributed by atoms with E-state index in [2.05, 4.69) is 28.2 Å². The Morgan fingerprint density at radius 2 is 2.35 bits per heavy atom. The number of carbonyl (C=O) groups excluding carboxylic acids is 1. The van der Waals surface area contributed by atoms with Crippen molar-refractivity contribution in [1.29, 1.82) is 5.26 Å². The van der Waals surface area contributed by atoms with Gasteiger partial charge in [0.1, 0.15) is 0 Å². The first-order chi connectivity index (χ1) is 8.17. The van der Waals surface area contributed by atoms with Crippen LogP contribution in [0.15, 0.2) is 24.3 Å². The molecule has 1 atom stereocenters. The molecular weight excluding hydrogens is 280 g/mol. The maximum absolute atomic E-state index is 11.7. The van der Waals surface area contributed by atoms with Crippen LogP contribution >= 0.6 is 15.9 Å². The van der Waals surface area contributed by atoms with Crippen molar-refractivity contribution >= 4 is 21.8 Å². The van der Waals surface area contributed by atoms with Crippen molar-refractivity contribution in [2.24, 2.45) is 0 Å². The molecule has 1 aromatic carbocycles. The number of rotatable bonds is 5. The van der Waals surface area contributed by atoms with Gasteiger partial charge in [0, 0.05) is 16.9 Å². The van der Waals surface area contributed by atoms with Crippen molar-refractivity contribution in [3.8, 4) is 6.07 Å². The Balaban J connectivity index is 2.50. The standard InChI is InChI=1S/C13H15BrN2O/c1-2-12(14)6-7-16-13(17)11-5-3-4-10(8-11)9-15/h3-5,8,12H,2,6-7H2,1H3,(H,16,17). The number of nitrogens with zero attached hydrogens (tertiary/aromatic N) is 1. The van der Waals surface area contributed by atoms with E-state index in [4.69, 9.17) is 5.26 Å². The third-order valence-electron chi connectivity index (χ3n) is 2.44. The van der Waals surface area contributed by atoms with E-state index in [1.54, 1.807) is 24.3 Å². The number of carbonyl (C=O) groups is 1. The van der Waals surface area contributed by atoms with Gasteiger partial charge in [0.05, 0.1) is 11.6 Å². The monoisotopic (exact) mass is 294 g/mol. The summed E-state index contributed by atoms with van der Waals surface area (Å²) in [6.07, 6.45) is 1.94. The first-order valence-corrected chi connectivity index (χ1v) is 6.51. The van der Waals surface area contributed by atoms with E-state index in [0.717, 1.165) is 12.8 Å². The molecule has 17 heavy (non-hydrogen) atoms. The van der Waals surface area contributed by atoms with Gasteiger partial charge in [0.15, 0.2) is 0 Å². The molecule has 0 aliphatic heterocycles. The second-order valence-corrected chi connectivity index (χ2v) is 5.04. The Morgan fingerprint density at radius 3 is 3.00 bits per heavy atom. The van der Waals surface area contributed by atoms with Gasteiger partial charge in [-0.2, -0.15) is 5.26 Å². The second-order valence-electron chi connectivity index (χ2n) is 3.74. The molecule has 0 spiro atoms. The van der Waals surface area contributed by atoms with Gasteiger partial charge in [-0.1, -0.05) is 28.9 Å². The fraction of sp³-hybridized carbons (Fsp3) is 0.385. The molecule has 0 fully saturated rings.